The predicted octanol–water partition coefficient (Wildman–Crippen LogP) is 2.33. The molecule has 112 valence electrons. The topological polar surface area (TPSA) is 79.4 Å². The molecule has 0 bridgehead atoms. The fourth-order valence-corrected chi connectivity index (χ4v) is 2.12. The SMILES string of the molecule is COC(=O)c1ccc(OCc2c(Cl)c(C)nn2C)c(N)c1. The van der Waals surface area contributed by atoms with Crippen molar-refractivity contribution in [2.75, 3.05) is 12.8 Å². The lowest BCUT2D eigenvalue weighted by Gasteiger charge is -2.10. The molecule has 0 aliphatic heterocycles. The number of carbonyl (C=O) groups is 1. The number of aryl methyl sites for hydroxylation is 2. The van der Waals surface area contributed by atoms with E-state index in [-0.39, 0.29) is 6.61 Å². The monoisotopic (exact) mass is 309 g/mol. The van der Waals surface area contributed by atoms with Crippen molar-refractivity contribution in [3.8, 4) is 5.75 Å². The lowest BCUT2D eigenvalue weighted by molar-refractivity contribution is 0.0600. The van der Waals surface area contributed by atoms with Crippen LogP contribution in [0.3, 0.4) is 0 Å². The van der Waals surface area contributed by atoms with Gasteiger partial charge in [-0.05, 0) is 25.1 Å². The van der Waals surface area contributed by atoms with Crippen LogP contribution >= 0.6 is 11.6 Å². The minimum Gasteiger partial charge on any atom is -0.485 e. The van der Waals surface area contributed by atoms with Crippen LogP contribution in [0.5, 0.6) is 5.75 Å². The maximum atomic E-state index is 11.4. The summed E-state index contributed by atoms with van der Waals surface area (Å²) in [6.07, 6.45) is 0. The number of halogens is 1. The molecule has 0 saturated heterocycles. The van der Waals surface area contributed by atoms with E-state index in [2.05, 4.69) is 9.84 Å². The van der Waals surface area contributed by atoms with E-state index < -0.39 is 5.97 Å². The molecule has 0 saturated carbocycles. The largest absolute Gasteiger partial charge is 0.485 e. The molecule has 0 spiro atoms. The third-order valence-electron chi connectivity index (χ3n) is 3.06. The Kier molecular flexibility index (Phi) is 4.37. The summed E-state index contributed by atoms with van der Waals surface area (Å²) in [5.74, 6) is 0.0242. The predicted molar refractivity (Wildman–Crippen MR) is 79.5 cm³/mol. The molecule has 0 fully saturated rings. The summed E-state index contributed by atoms with van der Waals surface area (Å²) in [7, 11) is 3.11. The first-order valence-corrected chi connectivity index (χ1v) is 6.60. The standard InChI is InChI=1S/C14H16ClN3O3/c1-8-13(15)11(18(2)17-8)7-21-12-5-4-9(6-10(12)16)14(19)20-3/h4-6H,7,16H2,1-3H3. The van der Waals surface area contributed by atoms with Crippen LogP contribution in [-0.2, 0) is 18.4 Å². The van der Waals surface area contributed by atoms with Crippen molar-refractivity contribution in [2.24, 2.45) is 7.05 Å². The van der Waals surface area contributed by atoms with Gasteiger partial charge in [-0.2, -0.15) is 5.10 Å². The van der Waals surface area contributed by atoms with Gasteiger partial charge in [0.1, 0.15) is 12.4 Å². The molecular formula is C14H16ClN3O3. The average Bonchev–Trinajstić information content (AvgIpc) is 2.70. The molecule has 2 rings (SSSR count). The second-order valence-corrected chi connectivity index (χ2v) is 4.88. The van der Waals surface area contributed by atoms with Crippen molar-refractivity contribution in [1.82, 2.24) is 9.78 Å². The number of nitrogens with two attached hydrogens (primary N) is 1. The van der Waals surface area contributed by atoms with Crippen molar-refractivity contribution < 1.29 is 14.3 Å². The number of rotatable bonds is 4. The van der Waals surface area contributed by atoms with Crippen LogP contribution in [0.15, 0.2) is 18.2 Å². The lowest BCUT2D eigenvalue weighted by atomic mass is 10.2. The van der Waals surface area contributed by atoms with Gasteiger partial charge >= 0.3 is 5.97 Å². The molecule has 6 nitrogen and oxygen atoms in total. The zero-order valence-corrected chi connectivity index (χ0v) is 12.8. The number of nitrogen functional groups attached to an aromatic ring is 1. The van der Waals surface area contributed by atoms with Gasteiger partial charge in [0, 0.05) is 7.05 Å². The first-order valence-electron chi connectivity index (χ1n) is 6.22. The molecule has 1 aromatic heterocycles. The van der Waals surface area contributed by atoms with Crippen LogP contribution in [0.4, 0.5) is 5.69 Å². The summed E-state index contributed by atoms with van der Waals surface area (Å²) in [5, 5.41) is 4.78. The molecule has 2 N–H and O–H groups in total. The number of nitrogens with zero attached hydrogens (tertiary/aromatic N) is 2. The Hall–Kier alpha value is -2.21. The molecule has 1 heterocycles. The number of esters is 1. The number of carbonyl (C=O) groups excluding carboxylic acids is 1. The van der Waals surface area contributed by atoms with Gasteiger partial charge in [0.2, 0.25) is 0 Å². The first-order chi connectivity index (χ1) is 9.93. The van der Waals surface area contributed by atoms with Gasteiger partial charge in [0.25, 0.3) is 0 Å². The van der Waals surface area contributed by atoms with Gasteiger partial charge in [-0.3, -0.25) is 4.68 Å². The maximum Gasteiger partial charge on any atom is 0.337 e. The summed E-state index contributed by atoms with van der Waals surface area (Å²) in [5.41, 5.74) is 8.10. The van der Waals surface area contributed by atoms with Crippen LogP contribution in [0.25, 0.3) is 0 Å². The van der Waals surface area contributed by atoms with E-state index in [1.807, 2.05) is 6.92 Å². The minimum absolute atomic E-state index is 0.234. The van der Waals surface area contributed by atoms with E-state index >= 15 is 0 Å². The van der Waals surface area contributed by atoms with Gasteiger partial charge in [0.05, 0.1) is 34.8 Å². The maximum absolute atomic E-state index is 11.4. The van der Waals surface area contributed by atoms with Gasteiger partial charge < -0.3 is 15.2 Å². The van der Waals surface area contributed by atoms with Gasteiger partial charge in [0.15, 0.2) is 0 Å². The van der Waals surface area contributed by atoms with E-state index in [4.69, 9.17) is 22.1 Å². The highest BCUT2D eigenvalue weighted by molar-refractivity contribution is 6.31. The van der Waals surface area contributed by atoms with Crippen molar-refractivity contribution in [3.05, 3.63) is 40.2 Å². The Labute approximate surface area is 127 Å². The van der Waals surface area contributed by atoms with E-state index in [1.54, 1.807) is 23.9 Å². The normalized spacial score (nSPS) is 10.5. The second-order valence-electron chi connectivity index (χ2n) is 4.50. The van der Waals surface area contributed by atoms with E-state index in [0.717, 1.165) is 11.4 Å². The molecule has 0 atom stereocenters. The third kappa shape index (κ3) is 3.11. The Morgan fingerprint density at radius 1 is 1.48 bits per heavy atom. The molecule has 0 radical (unpaired) electrons. The highest BCUT2D eigenvalue weighted by Gasteiger charge is 2.13. The summed E-state index contributed by atoms with van der Waals surface area (Å²) in [6.45, 7) is 2.06. The second kappa shape index (κ2) is 6.05. The summed E-state index contributed by atoms with van der Waals surface area (Å²) < 4.78 is 11.9. The first kappa shape index (κ1) is 15.2. The summed E-state index contributed by atoms with van der Waals surface area (Å²) >= 11 is 6.15. The van der Waals surface area contributed by atoms with Crippen LogP contribution in [0.2, 0.25) is 5.02 Å². The van der Waals surface area contributed by atoms with Gasteiger partial charge in [-0.15, -0.1) is 0 Å². The van der Waals surface area contributed by atoms with Crippen LogP contribution < -0.4 is 10.5 Å². The third-order valence-corrected chi connectivity index (χ3v) is 3.55. The minimum atomic E-state index is -0.446. The van der Waals surface area contributed by atoms with E-state index in [9.17, 15) is 4.79 Å². The molecular weight excluding hydrogens is 294 g/mol. The molecule has 7 heteroatoms. The van der Waals surface area contributed by atoms with Crippen molar-refractivity contribution in [2.45, 2.75) is 13.5 Å². The molecule has 0 aliphatic rings. The highest BCUT2D eigenvalue weighted by atomic mass is 35.5. The molecule has 0 amide bonds. The molecule has 1 aromatic carbocycles. The number of hydrogen-bond donors (Lipinski definition) is 1. The van der Waals surface area contributed by atoms with Crippen LogP contribution in [0.1, 0.15) is 21.7 Å². The lowest BCUT2D eigenvalue weighted by Crippen LogP contribution is -2.06. The fraction of sp³-hybridized carbons (Fsp3) is 0.286. The van der Waals surface area contributed by atoms with Gasteiger partial charge in [-0.25, -0.2) is 4.79 Å². The average molecular weight is 310 g/mol. The fourth-order valence-electron chi connectivity index (χ4n) is 1.91. The van der Waals surface area contributed by atoms with Crippen LogP contribution in [0, 0.1) is 6.92 Å². The van der Waals surface area contributed by atoms with Crippen molar-refractivity contribution in [3.63, 3.8) is 0 Å². The number of anilines is 1. The zero-order valence-electron chi connectivity index (χ0n) is 12.0. The zero-order chi connectivity index (χ0) is 15.6. The summed E-state index contributed by atoms with van der Waals surface area (Å²) in [6, 6.07) is 4.73. The number of hydrogen-bond acceptors (Lipinski definition) is 5. The molecule has 2 aromatic rings. The Morgan fingerprint density at radius 2 is 2.19 bits per heavy atom. The van der Waals surface area contributed by atoms with Crippen molar-refractivity contribution in [1.29, 1.82) is 0 Å². The smallest absolute Gasteiger partial charge is 0.337 e. The number of methoxy groups -OCH3 is 1. The van der Waals surface area contributed by atoms with Gasteiger partial charge in [-0.1, -0.05) is 11.6 Å². The Morgan fingerprint density at radius 3 is 2.71 bits per heavy atom. The Balaban J connectivity index is 2.15. The molecule has 0 aliphatic carbocycles. The number of aromatic nitrogens is 2. The quantitative estimate of drug-likeness (QED) is 0.692. The number of ether oxygens (including phenoxy) is 2. The van der Waals surface area contributed by atoms with Crippen LogP contribution in [-0.4, -0.2) is 22.9 Å². The molecule has 0 unspecified atom stereocenters. The summed E-state index contributed by atoms with van der Waals surface area (Å²) in [4.78, 5) is 11.4. The number of benzene rings is 1. The van der Waals surface area contributed by atoms with Crippen molar-refractivity contribution >= 4 is 23.3 Å². The van der Waals surface area contributed by atoms with E-state index in [1.165, 1.54) is 13.2 Å². The Bertz CT molecular complexity index is 682. The van der Waals surface area contributed by atoms with E-state index in [0.29, 0.717) is 22.0 Å². The highest BCUT2D eigenvalue weighted by Crippen LogP contribution is 2.26. The molecule has 21 heavy (non-hydrogen) atoms.